The highest BCUT2D eigenvalue weighted by Crippen LogP contribution is 2.17. The van der Waals surface area contributed by atoms with Crippen LogP contribution >= 0.6 is 0 Å². The van der Waals surface area contributed by atoms with Crippen LogP contribution in [0, 0.1) is 6.92 Å². The van der Waals surface area contributed by atoms with Crippen molar-refractivity contribution in [2.45, 2.75) is 110 Å². The first kappa shape index (κ1) is 33.1. The number of esters is 1. The van der Waals surface area contributed by atoms with Crippen molar-refractivity contribution in [3.8, 4) is 5.75 Å². The molecule has 4 heteroatoms. The minimum absolute atomic E-state index is 0.250. The number of carbonyl (C=O) groups excluding carboxylic acids is 1. The zero-order chi connectivity index (χ0) is 29.7. The topological polar surface area (TPSA) is 47.9 Å². The fourth-order valence-corrected chi connectivity index (χ4v) is 4.88. The molecule has 0 heterocycles. The van der Waals surface area contributed by atoms with Crippen molar-refractivity contribution in [3.05, 3.63) is 95.1 Å². The van der Waals surface area contributed by atoms with E-state index in [0.717, 1.165) is 35.4 Å². The van der Waals surface area contributed by atoms with Crippen LogP contribution in [0.4, 0.5) is 5.69 Å². The van der Waals surface area contributed by atoms with Gasteiger partial charge in [0.15, 0.2) is 0 Å². The first-order chi connectivity index (χ1) is 20.6. The maximum absolute atomic E-state index is 12.4. The fraction of sp³-hybridized carbons (Fsp3) is 0.474. The molecule has 0 atom stereocenters. The summed E-state index contributed by atoms with van der Waals surface area (Å²) in [7, 11) is 0. The Morgan fingerprint density at radius 3 is 1.79 bits per heavy atom. The van der Waals surface area contributed by atoms with Crippen LogP contribution in [0.5, 0.6) is 5.75 Å². The van der Waals surface area contributed by atoms with Crippen molar-refractivity contribution in [1.29, 1.82) is 0 Å². The van der Waals surface area contributed by atoms with Crippen molar-refractivity contribution >= 4 is 17.9 Å². The van der Waals surface area contributed by atoms with Gasteiger partial charge in [0.05, 0.1) is 17.9 Å². The van der Waals surface area contributed by atoms with Crippen LogP contribution < -0.4 is 4.74 Å². The molecule has 0 N–H and O–H groups in total. The molecular weight excluding hydrogens is 518 g/mol. The van der Waals surface area contributed by atoms with Crippen molar-refractivity contribution in [2.24, 2.45) is 4.99 Å². The number of hydrogen-bond donors (Lipinski definition) is 0. The predicted molar refractivity (Wildman–Crippen MR) is 176 cm³/mol. The van der Waals surface area contributed by atoms with Crippen molar-refractivity contribution in [2.75, 3.05) is 6.61 Å². The van der Waals surface area contributed by atoms with Crippen LogP contribution in [0.15, 0.2) is 77.8 Å². The third-order valence-electron chi connectivity index (χ3n) is 7.60. The Morgan fingerprint density at radius 2 is 1.21 bits per heavy atom. The summed E-state index contributed by atoms with van der Waals surface area (Å²) in [6.07, 6.45) is 20.3. The number of aryl methyl sites for hydroxylation is 1. The lowest BCUT2D eigenvalue weighted by atomic mass is 10.0. The minimum atomic E-state index is -0.250. The molecule has 226 valence electrons. The zero-order valence-electron chi connectivity index (χ0n) is 26.0. The molecule has 0 spiro atoms. The summed E-state index contributed by atoms with van der Waals surface area (Å²) < 4.78 is 11.4. The second-order valence-corrected chi connectivity index (χ2v) is 11.4. The van der Waals surface area contributed by atoms with Crippen LogP contribution in [-0.4, -0.2) is 18.8 Å². The molecule has 3 aromatic carbocycles. The number of unbranched alkanes of at least 4 members (excludes halogenated alkanes) is 13. The van der Waals surface area contributed by atoms with Crippen LogP contribution in [0.2, 0.25) is 0 Å². The number of aliphatic imine (C=N–C) groups is 1. The maximum Gasteiger partial charge on any atom is 0.338 e. The summed E-state index contributed by atoms with van der Waals surface area (Å²) in [6, 6.07) is 23.5. The van der Waals surface area contributed by atoms with E-state index in [2.05, 4.69) is 31.0 Å². The summed E-state index contributed by atoms with van der Waals surface area (Å²) in [5.74, 6) is 0.541. The van der Waals surface area contributed by atoms with E-state index < -0.39 is 0 Å². The molecule has 0 fully saturated rings. The van der Waals surface area contributed by atoms with Crippen LogP contribution in [0.25, 0.3) is 0 Å². The van der Waals surface area contributed by atoms with Gasteiger partial charge in [-0.1, -0.05) is 120 Å². The summed E-state index contributed by atoms with van der Waals surface area (Å²) in [5.41, 5.74) is 4.76. The first-order valence-electron chi connectivity index (χ1n) is 16.2. The second-order valence-electron chi connectivity index (χ2n) is 11.4. The van der Waals surface area contributed by atoms with E-state index >= 15 is 0 Å². The van der Waals surface area contributed by atoms with Crippen LogP contribution in [0.1, 0.15) is 124 Å². The lowest BCUT2D eigenvalue weighted by Crippen LogP contribution is -2.06. The van der Waals surface area contributed by atoms with Gasteiger partial charge in [0.1, 0.15) is 12.4 Å². The lowest BCUT2D eigenvalue weighted by molar-refractivity contribution is 0.0497. The SMILES string of the molecule is CCCCCCCCCCCCCCCCOC(=O)c1ccc(COc2ccc(C=Nc3ccc(C)cc3)cc2)cc1. The van der Waals surface area contributed by atoms with E-state index in [1.54, 1.807) is 0 Å². The van der Waals surface area contributed by atoms with Crippen LogP contribution in [0.3, 0.4) is 0 Å². The summed E-state index contributed by atoms with van der Waals surface area (Å²) in [4.78, 5) is 16.9. The van der Waals surface area contributed by atoms with Gasteiger partial charge < -0.3 is 9.47 Å². The minimum Gasteiger partial charge on any atom is -0.489 e. The third kappa shape index (κ3) is 14.0. The normalized spacial score (nSPS) is 11.2. The molecule has 3 aromatic rings. The summed E-state index contributed by atoms with van der Waals surface area (Å²) in [5, 5.41) is 0. The molecule has 0 aliphatic carbocycles. The highest BCUT2D eigenvalue weighted by atomic mass is 16.5. The van der Waals surface area contributed by atoms with Gasteiger partial charge in [-0.15, -0.1) is 0 Å². The highest BCUT2D eigenvalue weighted by Gasteiger charge is 2.07. The van der Waals surface area contributed by atoms with Crippen molar-refractivity contribution in [3.63, 3.8) is 0 Å². The Hall–Kier alpha value is -3.40. The molecule has 0 saturated carbocycles. The number of benzene rings is 3. The molecule has 0 amide bonds. The number of carbonyl (C=O) groups is 1. The van der Waals surface area contributed by atoms with Crippen molar-refractivity contribution < 1.29 is 14.3 Å². The first-order valence-corrected chi connectivity index (χ1v) is 16.2. The molecule has 0 aromatic heterocycles. The Balaban J connectivity index is 1.22. The molecular formula is C38H51NO3. The average Bonchev–Trinajstić information content (AvgIpc) is 3.02. The predicted octanol–water partition coefficient (Wildman–Crippen LogP) is 11.0. The number of ether oxygens (including phenoxy) is 2. The summed E-state index contributed by atoms with van der Waals surface area (Å²) >= 11 is 0. The molecule has 4 nitrogen and oxygen atoms in total. The number of nitrogens with zero attached hydrogens (tertiary/aromatic N) is 1. The number of rotatable bonds is 21. The maximum atomic E-state index is 12.4. The Bertz CT molecular complexity index is 1150. The number of hydrogen-bond acceptors (Lipinski definition) is 4. The smallest absolute Gasteiger partial charge is 0.338 e. The van der Waals surface area contributed by atoms with Gasteiger partial charge in [0, 0.05) is 6.21 Å². The largest absolute Gasteiger partial charge is 0.489 e. The zero-order valence-corrected chi connectivity index (χ0v) is 26.0. The highest BCUT2D eigenvalue weighted by molar-refractivity contribution is 5.89. The quantitative estimate of drug-likeness (QED) is 0.0728. The van der Waals surface area contributed by atoms with Gasteiger partial charge in [-0.05, 0) is 73.0 Å². The van der Waals surface area contributed by atoms with E-state index in [1.807, 2.05) is 66.9 Å². The molecule has 0 bridgehead atoms. The van der Waals surface area contributed by atoms with Gasteiger partial charge >= 0.3 is 5.97 Å². The van der Waals surface area contributed by atoms with Crippen molar-refractivity contribution in [1.82, 2.24) is 0 Å². The van der Waals surface area contributed by atoms with E-state index in [4.69, 9.17) is 9.47 Å². The summed E-state index contributed by atoms with van der Waals surface area (Å²) in [6.45, 7) is 5.27. The third-order valence-corrected chi connectivity index (χ3v) is 7.60. The second kappa shape index (κ2) is 20.5. The Kier molecular flexibility index (Phi) is 16.1. The van der Waals surface area contributed by atoms with Gasteiger partial charge in [-0.25, -0.2) is 4.79 Å². The molecule has 0 aliphatic heterocycles. The van der Waals surface area contributed by atoms with E-state index in [9.17, 15) is 4.79 Å². The lowest BCUT2D eigenvalue weighted by Gasteiger charge is -2.08. The molecule has 42 heavy (non-hydrogen) atoms. The standard InChI is InChI=1S/C38H51NO3/c1-3-4-5-6-7-8-9-10-11-12-13-14-15-16-29-41-38(40)35-23-19-34(20-24-35)31-42-37-27-21-33(22-28-37)30-39-36-25-17-32(2)18-26-36/h17-28,30H,3-16,29,31H2,1-2H3. The van der Waals surface area contributed by atoms with Crippen LogP contribution in [-0.2, 0) is 11.3 Å². The monoisotopic (exact) mass is 569 g/mol. The fourth-order valence-electron chi connectivity index (χ4n) is 4.88. The van der Waals surface area contributed by atoms with E-state index in [-0.39, 0.29) is 5.97 Å². The Morgan fingerprint density at radius 1 is 0.667 bits per heavy atom. The molecule has 0 unspecified atom stereocenters. The molecule has 0 aliphatic rings. The Labute approximate surface area is 254 Å². The van der Waals surface area contributed by atoms with E-state index in [1.165, 1.54) is 82.6 Å². The van der Waals surface area contributed by atoms with Gasteiger partial charge in [0.2, 0.25) is 0 Å². The average molecular weight is 570 g/mol. The van der Waals surface area contributed by atoms with Gasteiger partial charge in [-0.2, -0.15) is 0 Å². The van der Waals surface area contributed by atoms with Gasteiger partial charge in [0.25, 0.3) is 0 Å². The van der Waals surface area contributed by atoms with Gasteiger partial charge in [-0.3, -0.25) is 4.99 Å². The molecule has 0 radical (unpaired) electrons. The molecule has 0 saturated heterocycles. The molecule has 3 rings (SSSR count). The van der Waals surface area contributed by atoms with E-state index in [0.29, 0.717) is 18.8 Å².